The van der Waals surface area contributed by atoms with Gasteiger partial charge in [0.15, 0.2) is 12.5 Å². The van der Waals surface area contributed by atoms with Crippen molar-refractivity contribution < 1.29 is 61.9 Å². The second-order valence-corrected chi connectivity index (χ2v) is 11.6. The molecule has 0 aliphatic carbocycles. The molecule has 0 saturated carbocycles. The number of hydrogen-bond donors (Lipinski definition) is 7. The van der Waals surface area contributed by atoms with Crippen LogP contribution in [-0.4, -0.2) is 90.6 Å². The fraction of sp³-hybridized carbons (Fsp3) is 0.750. The number of nitrogens with two attached hydrogens (primary N) is 2. The van der Waals surface area contributed by atoms with Gasteiger partial charge in [-0.05, 0) is 44.6 Å². The highest BCUT2D eigenvalue weighted by molar-refractivity contribution is 7.46. The SMILES string of the molecule is Nc1ccn([C@@H]2O[C@H](COP(=O)(O)O)[C@@H](OP(=O)(O)O)[C@H]2OC2CCCCO2)/c(=N/CCCC[C@H](N)C(=O)O)n1. The normalized spacial score (nSPS) is 27.1. The van der Waals surface area contributed by atoms with Gasteiger partial charge in [0.25, 0.3) is 0 Å². The summed E-state index contributed by atoms with van der Waals surface area (Å²) in [5.41, 5.74) is 11.4. The van der Waals surface area contributed by atoms with E-state index < -0.39 is 65.1 Å². The minimum Gasteiger partial charge on any atom is -0.480 e. The minimum absolute atomic E-state index is 0.0391. The summed E-state index contributed by atoms with van der Waals surface area (Å²) in [7, 11) is -10.1. The number of rotatable bonds is 14. The smallest absolute Gasteiger partial charge is 0.470 e. The highest BCUT2D eigenvalue weighted by Crippen LogP contribution is 2.46. The van der Waals surface area contributed by atoms with E-state index >= 15 is 0 Å². The largest absolute Gasteiger partial charge is 0.480 e. The van der Waals surface area contributed by atoms with Crippen molar-refractivity contribution in [2.45, 2.75) is 75.4 Å². The summed E-state index contributed by atoms with van der Waals surface area (Å²) in [4.78, 5) is 57.1. The number of phosphoric acid groups is 2. The molecule has 20 heteroatoms. The van der Waals surface area contributed by atoms with Gasteiger partial charge in [-0.2, -0.15) is 4.98 Å². The Hall–Kier alpha value is -1.79. The lowest BCUT2D eigenvalue weighted by Crippen LogP contribution is -2.42. The van der Waals surface area contributed by atoms with Gasteiger partial charge in [0, 0.05) is 19.3 Å². The highest BCUT2D eigenvalue weighted by atomic mass is 31.2. The Balaban J connectivity index is 1.93. The number of aromatic nitrogens is 2. The summed E-state index contributed by atoms with van der Waals surface area (Å²) in [6.07, 6.45) is -1.61. The van der Waals surface area contributed by atoms with E-state index in [9.17, 15) is 33.5 Å². The fourth-order valence-corrected chi connectivity index (χ4v) is 5.10. The van der Waals surface area contributed by atoms with E-state index in [0.29, 0.717) is 25.9 Å². The van der Waals surface area contributed by atoms with Crippen LogP contribution < -0.4 is 17.1 Å². The number of anilines is 1. The average molecular weight is 615 g/mol. The third-order valence-electron chi connectivity index (χ3n) is 6.03. The first-order valence-corrected chi connectivity index (χ1v) is 15.5. The molecule has 2 fully saturated rings. The van der Waals surface area contributed by atoms with E-state index in [0.717, 1.165) is 12.8 Å². The van der Waals surface area contributed by atoms with Gasteiger partial charge in [-0.1, -0.05) is 0 Å². The lowest BCUT2D eigenvalue weighted by atomic mass is 10.1. The second-order valence-electron chi connectivity index (χ2n) is 9.19. The molecular weight excluding hydrogens is 580 g/mol. The van der Waals surface area contributed by atoms with Crippen molar-refractivity contribution in [2.24, 2.45) is 10.7 Å². The molecule has 2 aliphatic rings. The first-order chi connectivity index (χ1) is 18.7. The Morgan fingerprint density at radius 2 is 1.95 bits per heavy atom. The fourth-order valence-electron chi connectivity index (χ4n) is 4.19. The van der Waals surface area contributed by atoms with Gasteiger partial charge in [-0.3, -0.25) is 23.4 Å². The number of ether oxygens (including phenoxy) is 3. The molecule has 0 amide bonds. The molecule has 18 nitrogen and oxygen atoms in total. The Bertz CT molecular complexity index is 1150. The molecule has 2 aliphatic heterocycles. The monoisotopic (exact) mass is 615 g/mol. The molecule has 0 spiro atoms. The van der Waals surface area contributed by atoms with Crippen LogP contribution in [0, 0.1) is 0 Å². The van der Waals surface area contributed by atoms with Gasteiger partial charge in [0.2, 0.25) is 5.62 Å². The zero-order valence-corrected chi connectivity index (χ0v) is 23.2. The van der Waals surface area contributed by atoms with Crippen molar-refractivity contribution in [3.63, 3.8) is 0 Å². The minimum atomic E-state index is -5.16. The predicted octanol–water partition coefficient (Wildman–Crippen LogP) is -0.655. The number of carboxylic acid groups (broad SMARTS) is 1. The number of unbranched alkanes of at least 4 members (excludes halogenated alkanes) is 1. The maximum absolute atomic E-state index is 11.9. The number of carboxylic acids is 1. The van der Waals surface area contributed by atoms with Crippen LogP contribution in [0.5, 0.6) is 0 Å². The molecule has 228 valence electrons. The standard InChI is InChI=1S/C20H35N5O13P2/c21-12(19(26)27)5-1-3-8-23-20-24-14(22)7-9-25(20)18-17(37-15-6-2-4-10-34-15)16(38-40(31,32)33)13(36-18)11-35-39(28,29)30/h7,9,12-13,15-18H,1-6,8,10-11,21H2,(H,26,27)(H2,22,23,24)(H2,28,29,30)(H2,31,32,33)/t12-,13+,15?,16+,17+,18+/m0/s1. The molecule has 1 aromatic heterocycles. The van der Waals surface area contributed by atoms with E-state index in [1.54, 1.807) is 0 Å². The molecule has 3 rings (SSSR count). The molecule has 1 unspecified atom stereocenters. The molecule has 0 bridgehead atoms. The van der Waals surface area contributed by atoms with Gasteiger partial charge >= 0.3 is 21.6 Å². The molecule has 3 heterocycles. The summed E-state index contributed by atoms with van der Waals surface area (Å²) in [5, 5.41) is 8.92. The Morgan fingerprint density at radius 3 is 2.58 bits per heavy atom. The van der Waals surface area contributed by atoms with E-state index in [1.165, 1.54) is 16.8 Å². The lowest BCUT2D eigenvalue weighted by Gasteiger charge is -2.31. The van der Waals surface area contributed by atoms with Crippen LogP contribution in [0.25, 0.3) is 0 Å². The molecule has 0 radical (unpaired) electrons. The van der Waals surface area contributed by atoms with E-state index in [4.69, 9.17) is 35.3 Å². The summed E-state index contributed by atoms with van der Waals surface area (Å²) in [5.74, 6) is -1.01. The molecule has 1 aromatic rings. The van der Waals surface area contributed by atoms with E-state index in [2.05, 4.69) is 14.5 Å². The number of nitrogen functional groups attached to an aromatic ring is 1. The quantitative estimate of drug-likeness (QED) is 0.101. The summed E-state index contributed by atoms with van der Waals surface area (Å²) in [6.45, 7) is -0.212. The van der Waals surface area contributed by atoms with E-state index in [-0.39, 0.29) is 24.4 Å². The zero-order chi connectivity index (χ0) is 29.5. The van der Waals surface area contributed by atoms with Gasteiger partial charge < -0.3 is 50.4 Å². The number of aliphatic carboxylic acids is 1. The number of phosphoric ester groups is 2. The van der Waals surface area contributed by atoms with Crippen LogP contribution in [-0.2, 0) is 37.2 Å². The molecular formula is C20H35N5O13P2. The van der Waals surface area contributed by atoms with Crippen molar-refractivity contribution >= 4 is 27.4 Å². The summed E-state index contributed by atoms with van der Waals surface area (Å²) >= 11 is 0. The van der Waals surface area contributed by atoms with Gasteiger partial charge in [-0.25, -0.2) is 9.13 Å². The van der Waals surface area contributed by atoms with Gasteiger partial charge in [-0.15, -0.1) is 0 Å². The predicted molar refractivity (Wildman–Crippen MR) is 134 cm³/mol. The first-order valence-electron chi connectivity index (χ1n) is 12.4. The maximum atomic E-state index is 11.9. The van der Waals surface area contributed by atoms with Crippen molar-refractivity contribution in [1.82, 2.24) is 9.55 Å². The summed E-state index contributed by atoms with van der Waals surface area (Å²) in [6, 6.07) is 0.418. The third kappa shape index (κ3) is 10.2. The average Bonchev–Trinajstić information content (AvgIpc) is 3.17. The maximum Gasteiger partial charge on any atom is 0.470 e. The summed E-state index contributed by atoms with van der Waals surface area (Å²) < 4.78 is 51.8. The number of hydrogen-bond acceptors (Lipinski definition) is 12. The lowest BCUT2D eigenvalue weighted by molar-refractivity contribution is -0.214. The molecule has 9 N–H and O–H groups in total. The Labute approximate surface area is 228 Å². The van der Waals surface area contributed by atoms with Crippen molar-refractivity contribution in [2.75, 3.05) is 25.5 Å². The van der Waals surface area contributed by atoms with E-state index in [1.807, 2.05) is 0 Å². The van der Waals surface area contributed by atoms with Crippen LogP contribution in [0.4, 0.5) is 5.82 Å². The molecule has 0 aromatic carbocycles. The van der Waals surface area contributed by atoms with Crippen LogP contribution in [0.2, 0.25) is 0 Å². The highest BCUT2D eigenvalue weighted by Gasteiger charge is 2.51. The van der Waals surface area contributed by atoms with Crippen molar-refractivity contribution in [3.05, 3.63) is 17.9 Å². The zero-order valence-electron chi connectivity index (χ0n) is 21.4. The first kappa shape index (κ1) is 32.7. The molecule has 40 heavy (non-hydrogen) atoms. The van der Waals surface area contributed by atoms with Crippen LogP contribution in [0.3, 0.4) is 0 Å². The van der Waals surface area contributed by atoms with Crippen LogP contribution in [0.15, 0.2) is 17.3 Å². The topological polar surface area (TPSA) is 281 Å². The Morgan fingerprint density at radius 1 is 1.20 bits per heavy atom. The van der Waals surface area contributed by atoms with Crippen LogP contribution in [0.1, 0.15) is 44.8 Å². The molecule has 6 atom stereocenters. The van der Waals surface area contributed by atoms with Gasteiger partial charge in [0.1, 0.15) is 30.2 Å². The third-order valence-corrected chi connectivity index (χ3v) is 7.04. The Kier molecular flexibility index (Phi) is 11.8. The molecule has 2 saturated heterocycles. The number of nitrogens with zero attached hydrogens (tertiary/aromatic N) is 3. The van der Waals surface area contributed by atoms with Crippen molar-refractivity contribution in [3.8, 4) is 0 Å². The number of carbonyl (C=O) groups is 1. The van der Waals surface area contributed by atoms with Gasteiger partial charge in [0.05, 0.1) is 6.61 Å². The van der Waals surface area contributed by atoms with Crippen molar-refractivity contribution in [1.29, 1.82) is 0 Å². The second kappa shape index (κ2) is 14.4. The van der Waals surface area contributed by atoms with Crippen LogP contribution >= 0.6 is 15.6 Å².